The Bertz CT molecular complexity index is 322. The number of nitrogens with zero attached hydrogens (tertiary/aromatic N) is 1. The Morgan fingerprint density at radius 3 is 2.18 bits per heavy atom. The van der Waals surface area contributed by atoms with E-state index in [-0.39, 0.29) is 0 Å². The van der Waals surface area contributed by atoms with E-state index in [1.165, 1.54) is 18.5 Å². The molecular formula is C15H26N2. The van der Waals surface area contributed by atoms with Crippen LogP contribution < -0.4 is 10.6 Å². The number of nitrogen functional groups attached to an aromatic ring is 1. The molecule has 17 heavy (non-hydrogen) atoms. The molecule has 0 unspecified atom stereocenters. The van der Waals surface area contributed by atoms with Crippen LogP contribution in [0.3, 0.4) is 0 Å². The van der Waals surface area contributed by atoms with E-state index in [0.29, 0.717) is 5.41 Å². The first kappa shape index (κ1) is 13.9. The highest BCUT2D eigenvalue weighted by Gasteiger charge is 2.11. The largest absolute Gasteiger partial charge is 0.399 e. The van der Waals surface area contributed by atoms with Gasteiger partial charge in [-0.2, -0.15) is 0 Å². The van der Waals surface area contributed by atoms with Crippen molar-refractivity contribution >= 4 is 11.4 Å². The summed E-state index contributed by atoms with van der Waals surface area (Å²) in [5, 5.41) is 0. The van der Waals surface area contributed by atoms with E-state index >= 15 is 0 Å². The summed E-state index contributed by atoms with van der Waals surface area (Å²) in [4.78, 5) is 2.41. The molecule has 0 aliphatic carbocycles. The number of nitrogens with two attached hydrogens (primary N) is 1. The predicted molar refractivity (Wildman–Crippen MR) is 77.4 cm³/mol. The summed E-state index contributed by atoms with van der Waals surface area (Å²) in [6.07, 6.45) is 2.50. The molecule has 0 heterocycles. The van der Waals surface area contributed by atoms with Crippen molar-refractivity contribution in [3.05, 3.63) is 24.3 Å². The zero-order valence-electron chi connectivity index (χ0n) is 11.7. The molecule has 2 heteroatoms. The lowest BCUT2D eigenvalue weighted by Crippen LogP contribution is -2.24. The van der Waals surface area contributed by atoms with Crippen LogP contribution in [0.4, 0.5) is 11.4 Å². The lowest BCUT2D eigenvalue weighted by Gasteiger charge is -2.25. The molecule has 0 bridgehead atoms. The summed E-state index contributed by atoms with van der Waals surface area (Å²) in [7, 11) is 0. The second-order valence-electron chi connectivity index (χ2n) is 5.84. The van der Waals surface area contributed by atoms with E-state index in [0.717, 1.165) is 18.8 Å². The maximum Gasteiger partial charge on any atom is 0.0367 e. The molecule has 0 radical (unpaired) electrons. The number of rotatable bonds is 5. The summed E-state index contributed by atoms with van der Waals surface area (Å²) in [6.45, 7) is 11.3. The Morgan fingerprint density at radius 2 is 1.71 bits per heavy atom. The molecular weight excluding hydrogens is 208 g/mol. The van der Waals surface area contributed by atoms with Crippen molar-refractivity contribution in [2.24, 2.45) is 5.41 Å². The number of anilines is 2. The standard InChI is InChI=1S/C15H26N2/c1-5-17(12-6-11-15(2,3)4)14-9-7-13(16)8-10-14/h7-10H,5-6,11-12,16H2,1-4H3. The molecule has 0 saturated heterocycles. The van der Waals surface area contributed by atoms with E-state index in [9.17, 15) is 0 Å². The van der Waals surface area contributed by atoms with Crippen LogP contribution in [0.15, 0.2) is 24.3 Å². The van der Waals surface area contributed by atoms with Gasteiger partial charge in [-0.3, -0.25) is 0 Å². The molecule has 1 aromatic rings. The quantitative estimate of drug-likeness (QED) is 0.782. The fraction of sp³-hybridized carbons (Fsp3) is 0.600. The first-order chi connectivity index (χ1) is 7.92. The second kappa shape index (κ2) is 5.95. The summed E-state index contributed by atoms with van der Waals surface area (Å²) >= 11 is 0. The third-order valence-electron chi connectivity index (χ3n) is 2.99. The van der Waals surface area contributed by atoms with Gasteiger partial charge in [0.1, 0.15) is 0 Å². The molecule has 0 aromatic heterocycles. The maximum absolute atomic E-state index is 5.71. The molecule has 96 valence electrons. The minimum Gasteiger partial charge on any atom is -0.399 e. The van der Waals surface area contributed by atoms with Crippen LogP contribution in [0.2, 0.25) is 0 Å². The molecule has 1 aromatic carbocycles. The van der Waals surface area contributed by atoms with Crippen LogP contribution in [0.1, 0.15) is 40.5 Å². The monoisotopic (exact) mass is 234 g/mol. The Kier molecular flexibility index (Phi) is 4.86. The topological polar surface area (TPSA) is 29.3 Å². The van der Waals surface area contributed by atoms with Gasteiger partial charge in [0, 0.05) is 24.5 Å². The van der Waals surface area contributed by atoms with E-state index in [4.69, 9.17) is 5.73 Å². The van der Waals surface area contributed by atoms with Gasteiger partial charge in [0.05, 0.1) is 0 Å². The summed E-state index contributed by atoms with van der Waals surface area (Å²) in [6, 6.07) is 8.16. The number of benzene rings is 1. The zero-order valence-corrected chi connectivity index (χ0v) is 11.7. The van der Waals surface area contributed by atoms with Crippen LogP contribution in [0.25, 0.3) is 0 Å². The van der Waals surface area contributed by atoms with Gasteiger partial charge in [-0.25, -0.2) is 0 Å². The van der Waals surface area contributed by atoms with Crippen LogP contribution >= 0.6 is 0 Å². The molecule has 0 atom stereocenters. The van der Waals surface area contributed by atoms with Crippen LogP contribution in [0, 0.1) is 5.41 Å². The fourth-order valence-electron chi connectivity index (χ4n) is 1.96. The third kappa shape index (κ3) is 5.12. The van der Waals surface area contributed by atoms with Gasteiger partial charge in [-0.1, -0.05) is 20.8 Å². The van der Waals surface area contributed by atoms with Crippen molar-refractivity contribution in [2.45, 2.75) is 40.5 Å². The van der Waals surface area contributed by atoms with Crippen molar-refractivity contribution in [2.75, 3.05) is 23.7 Å². The average Bonchev–Trinajstić information content (AvgIpc) is 2.24. The number of hydrogen-bond donors (Lipinski definition) is 1. The number of hydrogen-bond acceptors (Lipinski definition) is 2. The first-order valence-corrected chi connectivity index (χ1v) is 6.53. The van der Waals surface area contributed by atoms with E-state index < -0.39 is 0 Å². The van der Waals surface area contributed by atoms with Gasteiger partial charge < -0.3 is 10.6 Å². The highest BCUT2D eigenvalue weighted by molar-refractivity contribution is 5.52. The minimum atomic E-state index is 0.431. The summed E-state index contributed by atoms with van der Waals surface area (Å²) in [5.74, 6) is 0. The molecule has 1 rings (SSSR count). The Hall–Kier alpha value is -1.18. The van der Waals surface area contributed by atoms with Crippen molar-refractivity contribution < 1.29 is 0 Å². The third-order valence-corrected chi connectivity index (χ3v) is 2.99. The molecule has 0 fully saturated rings. The predicted octanol–water partition coefficient (Wildman–Crippen LogP) is 3.92. The van der Waals surface area contributed by atoms with Gasteiger partial charge in [0.25, 0.3) is 0 Å². The fourth-order valence-corrected chi connectivity index (χ4v) is 1.96. The second-order valence-corrected chi connectivity index (χ2v) is 5.84. The minimum absolute atomic E-state index is 0.431. The van der Waals surface area contributed by atoms with Crippen molar-refractivity contribution in [3.63, 3.8) is 0 Å². The summed E-state index contributed by atoms with van der Waals surface area (Å²) in [5.41, 5.74) is 8.24. The smallest absolute Gasteiger partial charge is 0.0367 e. The molecule has 2 nitrogen and oxygen atoms in total. The van der Waals surface area contributed by atoms with Crippen LogP contribution in [-0.4, -0.2) is 13.1 Å². The van der Waals surface area contributed by atoms with E-state index in [1.54, 1.807) is 0 Å². The molecule has 0 aliphatic heterocycles. The Morgan fingerprint density at radius 1 is 1.12 bits per heavy atom. The SMILES string of the molecule is CCN(CCCC(C)(C)C)c1ccc(N)cc1. The van der Waals surface area contributed by atoms with Gasteiger partial charge in [0.2, 0.25) is 0 Å². The van der Waals surface area contributed by atoms with Crippen molar-refractivity contribution in [3.8, 4) is 0 Å². The van der Waals surface area contributed by atoms with E-state index in [1.807, 2.05) is 12.1 Å². The van der Waals surface area contributed by atoms with E-state index in [2.05, 4.69) is 44.7 Å². The highest BCUT2D eigenvalue weighted by Crippen LogP contribution is 2.22. The lowest BCUT2D eigenvalue weighted by atomic mass is 9.90. The first-order valence-electron chi connectivity index (χ1n) is 6.53. The average molecular weight is 234 g/mol. The Balaban J connectivity index is 2.51. The van der Waals surface area contributed by atoms with Gasteiger partial charge in [-0.15, -0.1) is 0 Å². The molecule has 0 spiro atoms. The summed E-state index contributed by atoms with van der Waals surface area (Å²) < 4.78 is 0. The Labute approximate surface area is 106 Å². The van der Waals surface area contributed by atoms with Gasteiger partial charge in [0.15, 0.2) is 0 Å². The van der Waals surface area contributed by atoms with Crippen molar-refractivity contribution in [1.82, 2.24) is 0 Å². The molecule has 2 N–H and O–H groups in total. The maximum atomic E-state index is 5.71. The normalized spacial score (nSPS) is 11.5. The van der Waals surface area contributed by atoms with Crippen LogP contribution in [0.5, 0.6) is 0 Å². The molecule has 0 amide bonds. The lowest BCUT2D eigenvalue weighted by molar-refractivity contribution is 0.366. The van der Waals surface area contributed by atoms with Gasteiger partial charge >= 0.3 is 0 Å². The molecule has 0 aliphatic rings. The van der Waals surface area contributed by atoms with Crippen molar-refractivity contribution in [1.29, 1.82) is 0 Å². The highest BCUT2D eigenvalue weighted by atomic mass is 15.1. The zero-order chi connectivity index (χ0) is 12.9. The van der Waals surface area contributed by atoms with Crippen LogP contribution in [-0.2, 0) is 0 Å². The molecule has 0 saturated carbocycles. The van der Waals surface area contributed by atoms with Gasteiger partial charge in [-0.05, 0) is 49.4 Å².